The van der Waals surface area contributed by atoms with Gasteiger partial charge in [0, 0.05) is 12.3 Å². The molecule has 0 amide bonds. The fraction of sp³-hybridized carbons (Fsp3) is 0.889. The zero-order valence-electron chi connectivity index (χ0n) is 9.57. The van der Waals surface area contributed by atoms with Crippen molar-refractivity contribution in [3.05, 3.63) is 0 Å². The summed E-state index contributed by atoms with van der Waals surface area (Å²) < 4.78 is 47.0. The van der Waals surface area contributed by atoms with E-state index >= 15 is 0 Å². The molecule has 2 atom stereocenters. The number of carbonyl (C=O) groups is 1. The van der Waals surface area contributed by atoms with E-state index in [1.165, 1.54) is 0 Å². The first-order valence-electron chi connectivity index (χ1n) is 5.58. The second-order valence-corrected chi connectivity index (χ2v) is 6.82. The molecule has 18 heavy (non-hydrogen) atoms. The molecule has 2 unspecified atom stereocenters. The van der Waals surface area contributed by atoms with Crippen LogP contribution in [0.4, 0.5) is 0 Å². The smallest absolute Gasteiger partial charge is 0.284 e. The van der Waals surface area contributed by atoms with Crippen LogP contribution in [0, 0.1) is 11.8 Å². The van der Waals surface area contributed by atoms with E-state index < -0.39 is 26.6 Å². The van der Waals surface area contributed by atoms with E-state index in [1.54, 1.807) is 0 Å². The molecule has 0 spiro atoms. The maximum absolute atomic E-state index is 11.2. The second kappa shape index (κ2) is 5.74. The minimum absolute atomic E-state index is 0.0521. The average Bonchev–Trinajstić information content (AvgIpc) is 2.47. The summed E-state index contributed by atoms with van der Waals surface area (Å²) in [5, 5.41) is -0.392. The monoisotopic (exact) mass is 298 g/mol. The predicted octanol–water partition coefficient (Wildman–Crippen LogP) is -0.0988. The molecule has 2 aliphatic rings. The van der Waals surface area contributed by atoms with Gasteiger partial charge >= 0.3 is 10.4 Å². The Balaban J connectivity index is 1.83. The van der Waals surface area contributed by atoms with Crippen molar-refractivity contribution in [3.63, 3.8) is 0 Å². The summed E-state index contributed by atoms with van der Waals surface area (Å²) in [5.41, 5.74) is 0. The Hall–Kier alpha value is -0.350. The molecule has 0 saturated carbocycles. The van der Waals surface area contributed by atoms with Crippen LogP contribution in [-0.4, -0.2) is 37.6 Å². The minimum atomic E-state index is -3.82. The fourth-order valence-corrected chi connectivity index (χ4v) is 3.47. The first-order chi connectivity index (χ1) is 8.46. The van der Waals surface area contributed by atoms with E-state index in [-0.39, 0.29) is 38.1 Å². The SMILES string of the molecule is O=C1CCC(CC2COS(=O)(=O)OC2)COS1=O. The van der Waals surface area contributed by atoms with Gasteiger partial charge in [-0.25, -0.2) is 12.6 Å². The van der Waals surface area contributed by atoms with Gasteiger partial charge in [0.25, 0.3) is 0 Å². The fourth-order valence-electron chi connectivity index (χ4n) is 1.95. The molecule has 0 aliphatic carbocycles. The zero-order chi connectivity index (χ0) is 13.2. The highest BCUT2D eigenvalue weighted by atomic mass is 32.3. The lowest BCUT2D eigenvalue weighted by Crippen LogP contribution is -2.30. The molecule has 104 valence electrons. The summed E-state index contributed by atoms with van der Waals surface area (Å²) in [6, 6.07) is 0. The summed E-state index contributed by atoms with van der Waals surface area (Å²) in [7, 11) is -3.82. The molecule has 2 heterocycles. The third-order valence-corrected chi connectivity index (χ3v) is 4.69. The van der Waals surface area contributed by atoms with Crippen LogP contribution in [0.3, 0.4) is 0 Å². The Morgan fingerprint density at radius 3 is 2.50 bits per heavy atom. The largest absolute Gasteiger partial charge is 0.399 e. The van der Waals surface area contributed by atoms with E-state index in [0.29, 0.717) is 12.8 Å². The molecule has 2 aliphatic heterocycles. The summed E-state index contributed by atoms with van der Waals surface area (Å²) in [5.74, 6) is 0.0159. The van der Waals surface area contributed by atoms with Crippen LogP contribution in [0.5, 0.6) is 0 Å². The first-order valence-corrected chi connectivity index (χ1v) is 7.99. The highest BCUT2D eigenvalue weighted by Gasteiger charge is 2.30. The average molecular weight is 298 g/mol. The molecule has 9 heteroatoms. The van der Waals surface area contributed by atoms with Crippen molar-refractivity contribution in [1.82, 2.24) is 0 Å². The Morgan fingerprint density at radius 2 is 1.83 bits per heavy atom. The van der Waals surface area contributed by atoms with Crippen LogP contribution < -0.4 is 0 Å². The van der Waals surface area contributed by atoms with Gasteiger partial charge in [0.2, 0.25) is 16.2 Å². The molecule has 7 nitrogen and oxygen atoms in total. The molecule has 2 saturated heterocycles. The van der Waals surface area contributed by atoms with Gasteiger partial charge in [-0.05, 0) is 18.8 Å². The van der Waals surface area contributed by atoms with Crippen LogP contribution in [0.1, 0.15) is 19.3 Å². The Morgan fingerprint density at radius 1 is 1.17 bits per heavy atom. The van der Waals surface area contributed by atoms with Crippen molar-refractivity contribution in [1.29, 1.82) is 0 Å². The van der Waals surface area contributed by atoms with Gasteiger partial charge in [-0.1, -0.05) is 0 Å². The number of hydrogen-bond acceptors (Lipinski definition) is 7. The molecule has 0 aromatic heterocycles. The molecule has 2 rings (SSSR count). The third-order valence-electron chi connectivity index (χ3n) is 2.92. The summed E-state index contributed by atoms with van der Waals surface area (Å²) in [6.45, 7) is 0.396. The molecular weight excluding hydrogens is 284 g/mol. The van der Waals surface area contributed by atoms with E-state index in [2.05, 4.69) is 8.37 Å². The maximum Gasteiger partial charge on any atom is 0.399 e. The van der Waals surface area contributed by atoms with Gasteiger partial charge in [0.05, 0.1) is 19.8 Å². The van der Waals surface area contributed by atoms with E-state index in [1.807, 2.05) is 0 Å². The summed E-state index contributed by atoms with van der Waals surface area (Å²) >= 11 is -1.84. The van der Waals surface area contributed by atoms with Gasteiger partial charge in [-0.3, -0.25) is 8.98 Å². The van der Waals surface area contributed by atoms with Gasteiger partial charge in [-0.2, -0.15) is 8.42 Å². The van der Waals surface area contributed by atoms with Crippen LogP contribution in [0.15, 0.2) is 0 Å². The quantitative estimate of drug-likeness (QED) is 0.702. The molecule has 2 fully saturated rings. The van der Waals surface area contributed by atoms with Crippen molar-refractivity contribution >= 4 is 26.6 Å². The highest BCUT2D eigenvalue weighted by molar-refractivity contribution is 7.96. The Labute approximate surface area is 108 Å². The number of hydrogen-bond donors (Lipinski definition) is 0. The topological polar surface area (TPSA) is 96.0 Å². The number of rotatable bonds is 2. The lowest BCUT2D eigenvalue weighted by Gasteiger charge is -2.24. The van der Waals surface area contributed by atoms with Gasteiger partial charge in [0.15, 0.2) is 0 Å². The van der Waals surface area contributed by atoms with Crippen molar-refractivity contribution in [3.8, 4) is 0 Å². The van der Waals surface area contributed by atoms with E-state index in [0.717, 1.165) is 0 Å². The van der Waals surface area contributed by atoms with Crippen LogP contribution in [0.25, 0.3) is 0 Å². The van der Waals surface area contributed by atoms with Crippen molar-refractivity contribution in [2.45, 2.75) is 19.3 Å². The van der Waals surface area contributed by atoms with Crippen molar-refractivity contribution in [2.75, 3.05) is 19.8 Å². The van der Waals surface area contributed by atoms with Gasteiger partial charge in [-0.15, -0.1) is 0 Å². The first kappa shape index (κ1) is 14.1. The van der Waals surface area contributed by atoms with Crippen molar-refractivity contribution in [2.24, 2.45) is 11.8 Å². The standard InChI is InChI=1S/C9H14O7S2/c10-9-2-1-7(4-14-17(9)11)3-8-5-15-18(12,13)16-6-8/h7-8H,1-6H2. The van der Waals surface area contributed by atoms with Crippen molar-refractivity contribution < 1.29 is 30.0 Å². The lowest BCUT2D eigenvalue weighted by molar-refractivity contribution is -0.111. The van der Waals surface area contributed by atoms with Crippen LogP contribution in [-0.2, 0) is 38.8 Å². The second-order valence-electron chi connectivity index (χ2n) is 4.37. The molecule has 0 aromatic rings. The number of carbonyl (C=O) groups excluding carboxylic acids is 1. The molecule has 0 bridgehead atoms. The summed E-state index contributed by atoms with van der Waals surface area (Å²) in [6.07, 6.45) is 1.44. The molecule has 0 aromatic carbocycles. The zero-order valence-corrected chi connectivity index (χ0v) is 11.2. The maximum atomic E-state index is 11.2. The lowest BCUT2D eigenvalue weighted by atomic mass is 9.92. The molecule has 0 radical (unpaired) electrons. The van der Waals surface area contributed by atoms with Crippen LogP contribution >= 0.6 is 0 Å². The van der Waals surface area contributed by atoms with Gasteiger partial charge < -0.3 is 0 Å². The highest BCUT2D eigenvalue weighted by Crippen LogP contribution is 2.25. The molecular formula is C9H14O7S2. The predicted molar refractivity (Wildman–Crippen MR) is 60.8 cm³/mol. The normalized spacial score (nSPS) is 34.1. The third kappa shape index (κ3) is 3.82. The van der Waals surface area contributed by atoms with Crippen LogP contribution in [0.2, 0.25) is 0 Å². The summed E-state index contributed by atoms with van der Waals surface area (Å²) in [4.78, 5) is 11.2. The van der Waals surface area contributed by atoms with E-state index in [9.17, 15) is 17.4 Å². The minimum Gasteiger partial charge on any atom is -0.284 e. The van der Waals surface area contributed by atoms with Gasteiger partial charge in [0.1, 0.15) is 0 Å². The van der Waals surface area contributed by atoms with E-state index in [4.69, 9.17) is 4.18 Å². The molecule has 0 N–H and O–H groups in total. The Kier molecular flexibility index (Phi) is 4.49. The Bertz CT molecular complexity index is 412.